The number of nitrogens with one attached hydrogen (secondary N) is 1. The number of halogens is 1. The molecule has 4 aromatic rings. The van der Waals surface area contributed by atoms with E-state index in [0.717, 1.165) is 17.0 Å². The lowest BCUT2D eigenvalue weighted by Crippen LogP contribution is -2.38. The van der Waals surface area contributed by atoms with Crippen molar-refractivity contribution in [2.24, 2.45) is 9.98 Å². The fourth-order valence-electron chi connectivity index (χ4n) is 3.76. The third-order valence-electron chi connectivity index (χ3n) is 5.36. The highest BCUT2D eigenvalue weighted by molar-refractivity contribution is 7.99. The van der Waals surface area contributed by atoms with Crippen molar-refractivity contribution in [1.29, 1.82) is 0 Å². The summed E-state index contributed by atoms with van der Waals surface area (Å²) in [6, 6.07) is 23.0. The summed E-state index contributed by atoms with van der Waals surface area (Å²) in [6.45, 7) is 1.88. The first-order chi connectivity index (χ1) is 17.1. The van der Waals surface area contributed by atoms with Crippen LogP contribution in [0.3, 0.4) is 0 Å². The predicted octanol–water partition coefficient (Wildman–Crippen LogP) is 4.63. The van der Waals surface area contributed by atoms with Crippen molar-refractivity contribution in [3.05, 3.63) is 90.2 Å². The van der Waals surface area contributed by atoms with Gasteiger partial charge >= 0.3 is 0 Å². The molecule has 0 saturated heterocycles. The fraction of sp³-hybridized carbons (Fsp3) is 0.120. The van der Waals surface area contributed by atoms with Crippen LogP contribution in [0.4, 0.5) is 15.8 Å². The van der Waals surface area contributed by atoms with E-state index in [0.29, 0.717) is 22.4 Å². The molecule has 0 bridgehead atoms. The number of hydrogen-bond donors (Lipinski definition) is 1. The van der Waals surface area contributed by atoms with E-state index < -0.39 is 5.92 Å². The second kappa shape index (κ2) is 9.98. The number of aromatic nitrogens is 4. The van der Waals surface area contributed by atoms with Gasteiger partial charge in [0.25, 0.3) is 0 Å². The monoisotopic (exact) mass is 485 g/mol. The molecule has 1 aliphatic heterocycles. The average Bonchev–Trinajstić information content (AvgIpc) is 3.29. The van der Waals surface area contributed by atoms with E-state index >= 15 is 0 Å². The number of tetrazole rings is 1. The Morgan fingerprint density at radius 1 is 0.971 bits per heavy atom. The number of carbonyl (C=O) groups is 1. The summed E-state index contributed by atoms with van der Waals surface area (Å²) in [7, 11) is 0. The molecular formula is C25H20FN7OS. The smallest absolute Gasteiger partial charge is 0.235 e. The van der Waals surface area contributed by atoms with Crippen LogP contribution in [0.15, 0.2) is 94.0 Å². The highest BCUT2D eigenvalue weighted by Gasteiger charge is 2.27. The summed E-state index contributed by atoms with van der Waals surface area (Å²) in [5, 5.41) is 15.2. The average molecular weight is 486 g/mol. The minimum absolute atomic E-state index is 0.0696. The summed E-state index contributed by atoms with van der Waals surface area (Å²) in [5.74, 6) is -0.547. The number of fused-ring (bicyclic) bond motifs is 1. The van der Waals surface area contributed by atoms with Gasteiger partial charge in [0.15, 0.2) is 0 Å². The topological polar surface area (TPSA) is 97.4 Å². The lowest BCUT2D eigenvalue weighted by Gasteiger charge is -2.19. The second-order valence-corrected chi connectivity index (χ2v) is 8.71. The number of hydrogen-bond acceptors (Lipinski definition) is 7. The van der Waals surface area contributed by atoms with Gasteiger partial charge in [-0.3, -0.25) is 9.79 Å². The third-order valence-corrected chi connectivity index (χ3v) is 6.27. The molecule has 1 aromatic heterocycles. The molecular weight excluding hydrogens is 465 g/mol. The zero-order valence-electron chi connectivity index (χ0n) is 18.7. The van der Waals surface area contributed by atoms with Crippen molar-refractivity contribution < 1.29 is 9.18 Å². The van der Waals surface area contributed by atoms with Crippen molar-refractivity contribution >= 4 is 40.6 Å². The van der Waals surface area contributed by atoms with Gasteiger partial charge in [0, 0.05) is 5.71 Å². The summed E-state index contributed by atoms with van der Waals surface area (Å²) in [5.41, 5.74) is 3.67. The highest BCUT2D eigenvalue weighted by Crippen LogP contribution is 2.34. The van der Waals surface area contributed by atoms with Gasteiger partial charge in [0.05, 0.1) is 28.7 Å². The standard InChI is InChI=1S/C25H20FN7OS/c1-16-23(17-11-13-18(26)14-12-17)24(28-21-10-6-5-9-20(21)27-16)29-22(34)15-35-25-30-31-32-33(25)19-7-3-2-4-8-19/h2-14,23H,15H2,1H3,(H,28,29,34)/t23-/m1/s1. The number of nitrogens with zero attached hydrogens (tertiary/aromatic N) is 6. The van der Waals surface area contributed by atoms with Crippen molar-refractivity contribution in [2.45, 2.75) is 18.0 Å². The van der Waals surface area contributed by atoms with E-state index in [4.69, 9.17) is 9.98 Å². The van der Waals surface area contributed by atoms with E-state index in [9.17, 15) is 9.18 Å². The van der Waals surface area contributed by atoms with Crippen molar-refractivity contribution in [3.8, 4) is 5.69 Å². The Balaban J connectivity index is 1.40. The minimum atomic E-state index is -0.438. The van der Waals surface area contributed by atoms with E-state index in [1.165, 1.54) is 23.9 Å². The van der Waals surface area contributed by atoms with Crippen LogP contribution in [0.25, 0.3) is 5.69 Å². The highest BCUT2D eigenvalue weighted by atomic mass is 32.2. The Hall–Kier alpha value is -4.18. The van der Waals surface area contributed by atoms with E-state index in [1.54, 1.807) is 16.8 Å². The van der Waals surface area contributed by atoms with Crippen LogP contribution >= 0.6 is 11.8 Å². The van der Waals surface area contributed by atoms with Gasteiger partial charge in [-0.15, -0.1) is 5.10 Å². The Kier molecular flexibility index (Phi) is 6.44. The molecule has 1 aliphatic rings. The van der Waals surface area contributed by atoms with E-state index in [1.807, 2.05) is 61.5 Å². The zero-order valence-corrected chi connectivity index (χ0v) is 19.5. The summed E-state index contributed by atoms with van der Waals surface area (Å²) in [6.07, 6.45) is 0. The lowest BCUT2D eigenvalue weighted by molar-refractivity contribution is -0.117. The van der Waals surface area contributed by atoms with Gasteiger partial charge in [-0.1, -0.05) is 54.2 Å². The van der Waals surface area contributed by atoms with Crippen LogP contribution in [0.2, 0.25) is 0 Å². The maximum absolute atomic E-state index is 13.6. The molecule has 5 rings (SSSR count). The minimum Gasteiger partial charge on any atom is -0.313 e. The molecule has 174 valence electrons. The Labute approximate surface area is 205 Å². The molecule has 8 nitrogen and oxygen atoms in total. The summed E-state index contributed by atoms with van der Waals surface area (Å²) >= 11 is 1.22. The van der Waals surface area contributed by atoms with Gasteiger partial charge in [-0.05, 0) is 59.3 Å². The Bertz CT molecular complexity index is 1420. The largest absolute Gasteiger partial charge is 0.313 e. The number of amides is 1. The molecule has 10 heteroatoms. The molecule has 0 spiro atoms. The van der Waals surface area contributed by atoms with Gasteiger partial charge in [0.2, 0.25) is 11.1 Å². The number of carbonyl (C=O) groups excluding carboxylic acids is 1. The SMILES string of the molecule is CC1=Nc2ccccc2N=C(NC(=O)CSc2nnnn2-c2ccccc2)[C@H]1c1ccc(F)cc1. The van der Waals surface area contributed by atoms with Crippen LogP contribution < -0.4 is 5.32 Å². The van der Waals surface area contributed by atoms with Crippen LogP contribution in [0.5, 0.6) is 0 Å². The molecule has 0 saturated carbocycles. The van der Waals surface area contributed by atoms with Crippen molar-refractivity contribution in [3.63, 3.8) is 0 Å². The molecule has 0 fully saturated rings. The first kappa shape index (κ1) is 22.6. The van der Waals surface area contributed by atoms with E-state index in [2.05, 4.69) is 20.8 Å². The maximum atomic E-state index is 13.6. The fourth-order valence-corrected chi connectivity index (χ4v) is 4.45. The zero-order chi connectivity index (χ0) is 24.2. The molecule has 3 aromatic carbocycles. The van der Waals surface area contributed by atoms with Gasteiger partial charge in [-0.2, -0.15) is 4.68 Å². The van der Waals surface area contributed by atoms with Gasteiger partial charge < -0.3 is 5.32 Å². The summed E-state index contributed by atoms with van der Waals surface area (Å²) in [4.78, 5) is 22.5. The number of rotatable bonds is 5. The summed E-state index contributed by atoms with van der Waals surface area (Å²) < 4.78 is 15.2. The third kappa shape index (κ3) is 5.02. The Morgan fingerprint density at radius 3 is 2.40 bits per heavy atom. The Morgan fingerprint density at radius 2 is 1.66 bits per heavy atom. The second-order valence-electron chi connectivity index (χ2n) is 7.77. The predicted molar refractivity (Wildman–Crippen MR) is 133 cm³/mol. The first-order valence-electron chi connectivity index (χ1n) is 10.8. The number of aliphatic imine (C=N–C) groups is 2. The van der Waals surface area contributed by atoms with Crippen LogP contribution in [-0.2, 0) is 4.79 Å². The molecule has 1 N–H and O–H groups in total. The lowest BCUT2D eigenvalue weighted by atomic mass is 9.93. The van der Waals surface area contributed by atoms with Gasteiger partial charge in [0.1, 0.15) is 11.7 Å². The number of para-hydroxylation sites is 3. The van der Waals surface area contributed by atoms with E-state index in [-0.39, 0.29) is 17.5 Å². The first-order valence-corrected chi connectivity index (χ1v) is 11.8. The van der Waals surface area contributed by atoms with Gasteiger partial charge in [-0.25, -0.2) is 9.38 Å². The number of benzene rings is 3. The van der Waals surface area contributed by atoms with Crippen LogP contribution in [-0.4, -0.2) is 43.4 Å². The molecule has 35 heavy (non-hydrogen) atoms. The quantitative estimate of drug-likeness (QED) is 0.416. The van der Waals surface area contributed by atoms with Crippen molar-refractivity contribution in [1.82, 2.24) is 25.5 Å². The van der Waals surface area contributed by atoms with Crippen molar-refractivity contribution in [2.75, 3.05) is 5.75 Å². The molecule has 0 unspecified atom stereocenters. The molecule has 0 aliphatic carbocycles. The molecule has 2 heterocycles. The maximum Gasteiger partial charge on any atom is 0.235 e. The van der Waals surface area contributed by atoms with Crippen LogP contribution in [0.1, 0.15) is 18.4 Å². The number of amidine groups is 1. The number of thioether (sulfide) groups is 1. The normalized spacial score (nSPS) is 15.0. The molecule has 1 atom stereocenters. The molecule has 0 radical (unpaired) electrons. The molecule has 1 amide bonds. The van der Waals surface area contributed by atoms with Crippen LogP contribution in [0, 0.1) is 5.82 Å².